The number of aliphatic carboxylic acids is 1. The highest BCUT2D eigenvalue weighted by molar-refractivity contribution is 5.87. The zero-order valence-corrected chi connectivity index (χ0v) is 10.5. The van der Waals surface area contributed by atoms with Crippen LogP contribution in [0.25, 0.3) is 0 Å². The third-order valence-corrected chi connectivity index (χ3v) is 3.24. The molecule has 0 saturated carbocycles. The number of ether oxygens (including phenoxy) is 1. The van der Waals surface area contributed by atoms with E-state index < -0.39 is 24.0 Å². The maximum Gasteiger partial charge on any atom is 0.326 e. The van der Waals surface area contributed by atoms with Crippen molar-refractivity contribution in [2.75, 3.05) is 13.7 Å². The largest absolute Gasteiger partial charge is 0.480 e. The Balaban J connectivity index is 2.27. The first-order valence-corrected chi connectivity index (χ1v) is 5.85. The van der Waals surface area contributed by atoms with Crippen molar-refractivity contribution < 1.29 is 19.4 Å². The average molecular weight is 268 g/mol. The molecular formula is C11H16N4O4. The zero-order chi connectivity index (χ0) is 14.0. The molecule has 1 amide bonds. The summed E-state index contributed by atoms with van der Waals surface area (Å²) in [6.07, 6.45) is 0.848. The lowest BCUT2D eigenvalue weighted by atomic mass is 10.0. The number of hydrogen-bond acceptors (Lipinski definition) is 5. The van der Waals surface area contributed by atoms with Gasteiger partial charge in [-0.3, -0.25) is 4.79 Å². The summed E-state index contributed by atoms with van der Waals surface area (Å²) in [6.45, 7) is 0.180. The number of imidazole rings is 1. The van der Waals surface area contributed by atoms with Crippen LogP contribution in [0, 0.1) is 0 Å². The normalized spacial score (nSPS) is 19.9. The van der Waals surface area contributed by atoms with Gasteiger partial charge in [-0.2, -0.15) is 0 Å². The van der Waals surface area contributed by atoms with Crippen LogP contribution < -0.4 is 5.73 Å². The summed E-state index contributed by atoms with van der Waals surface area (Å²) >= 11 is 0. The fourth-order valence-corrected chi connectivity index (χ4v) is 2.17. The van der Waals surface area contributed by atoms with Gasteiger partial charge in [-0.1, -0.05) is 0 Å². The lowest BCUT2D eigenvalue weighted by molar-refractivity contribution is -0.156. The van der Waals surface area contributed by atoms with E-state index in [9.17, 15) is 14.7 Å². The van der Waals surface area contributed by atoms with E-state index in [0.29, 0.717) is 5.69 Å². The van der Waals surface area contributed by atoms with Gasteiger partial charge in [-0.25, -0.2) is 9.78 Å². The number of carbonyl (C=O) groups is 2. The van der Waals surface area contributed by atoms with E-state index in [-0.39, 0.29) is 19.5 Å². The van der Waals surface area contributed by atoms with Gasteiger partial charge in [0.2, 0.25) is 0 Å². The molecule has 2 heterocycles. The third kappa shape index (κ3) is 2.45. The van der Waals surface area contributed by atoms with Crippen LogP contribution in [0.4, 0.5) is 0 Å². The van der Waals surface area contributed by atoms with Crippen LogP contribution in [-0.2, 0) is 27.3 Å². The molecule has 0 aromatic carbocycles. The van der Waals surface area contributed by atoms with Crippen molar-refractivity contribution >= 4 is 11.9 Å². The highest BCUT2D eigenvalue weighted by Gasteiger charge is 2.38. The van der Waals surface area contributed by atoms with Gasteiger partial charge in [0.05, 0.1) is 24.3 Å². The summed E-state index contributed by atoms with van der Waals surface area (Å²) in [4.78, 5) is 31.8. The standard InChI is InChI=1S/C11H16N4O4/c1-19-9(3-12)10(16)15-4-7-6(13-5-14-7)2-8(15)11(17)18/h5,8-9H,2-4,12H2,1H3,(H,13,14)(H,17,18). The van der Waals surface area contributed by atoms with E-state index in [4.69, 9.17) is 10.5 Å². The molecule has 4 N–H and O–H groups in total. The van der Waals surface area contributed by atoms with Crippen LogP contribution in [0.1, 0.15) is 11.4 Å². The number of nitrogens with two attached hydrogens (primary N) is 1. The van der Waals surface area contributed by atoms with Crippen molar-refractivity contribution in [1.82, 2.24) is 14.9 Å². The summed E-state index contributed by atoms with van der Waals surface area (Å²) in [5.74, 6) is -1.48. The van der Waals surface area contributed by atoms with Crippen molar-refractivity contribution in [2.24, 2.45) is 5.73 Å². The number of hydrogen-bond donors (Lipinski definition) is 3. The number of aromatic amines is 1. The van der Waals surface area contributed by atoms with E-state index in [1.54, 1.807) is 0 Å². The molecular weight excluding hydrogens is 252 g/mol. The summed E-state index contributed by atoms with van der Waals surface area (Å²) in [7, 11) is 1.37. The lowest BCUT2D eigenvalue weighted by Crippen LogP contribution is -2.53. The van der Waals surface area contributed by atoms with Gasteiger partial charge in [0, 0.05) is 20.1 Å². The Hall–Kier alpha value is -1.93. The van der Waals surface area contributed by atoms with Crippen molar-refractivity contribution in [2.45, 2.75) is 25.1 Å². The molecule has 0 radical (unpaired) electrons. The fraction of sp³-hybridized carbons (Fsp3) is 0.545. The molecule has 104 valence electrons. The molecule has 19 heavy (non-hydrogen) atoms. The first-order chi connectivity index (χ1) is 9.08. The second-order valence-corrected chi connectivity index (χ2v) is 4.31. The zero-order valence-electron chi connectivity index (χ0n) is 10.5. The second kappa shape index (κ2) is 5.37. The van der Waals surface area contributed by atoms with Crippen LogP contribution in [-0.4, -0.2) is 57.7 Å². The third-order valence-electron chi connectivity index (χ3n) is 3.24. The smallest absolute Gasteiger partial charge is 0.326 e. The lowest BCUT2D eigenvalue weighted by Gasteiger charge is -2.34. The number of H-pyrrole nitrogens is 1. The molecule has 2 unspecified atom stereocenters. The first kappa shape index (κ1) is 13.5. The second-order valence-electron chi connectivity index (χ2n) is 4.31. The summed E-state index contributed by atoms with van der Waals surface area (Å²) in [5.41, 5.74) is 6.87. The van der Waals surface area contributed by atoms with Gasteiger partial charge in [-0.05, 0) is 0 Å². The Labute approximate surface area is 109 Å². The van der Waals surface area contributed by atoms with Crippen LogP contribution in [0.3, 0.4) is 0 Å². The number of aromatic nitrogens is 2. The van der Waals surface area contributed by atoms with Crippen LogP contribution >= 0.6 is 0 Å². The molecule has 0 aliphatic carbocycles. The molecule has 0 saturated heterocycles. The van der Waals surface area contributed by atoms with E-state index in [2.05, 4.69) is 9.97 Å². The molecule has 0 fully saturated rings. The molecule has 2 atom stereocenters. The fourth-order valence-electron chi connectivity index (χ4n) is 2.17. The Bertz CT molecular complexity index is 483. The molecule has 1 aliphatic heterocycles. The number of carboxylic acid groups (broad SMARTS) is 1. The molecule has 2 rings (SSSR count). The molecule has 1 aliphatic rings. The highest BCUT2D eigenvalue weighted by atomic mass is 16.5. The van der Waals surface area contributed by atoms with E-state index in [1.165, 1.54) is 18.3 Å². The van der Waals surface area contributed by atoms with Gasteiger partial charge in [0.25, 0.3) is 5.91 Å². The minimum absolute atomic E-state index is 0.00794. The number of carbonyl (C=O) groups excluding carboxylic acids is 1. The summed E-state index contributed by atoms with van der Waals surface area (Å²) in [5, 5.41) is 9.24. The van der Waals surface area contributed by atoms with E-state index in [0.717, 1.165) is 5.69 Å². The van der Waals surface area contributed by atoms with Gasteiger partial charge >= 0.3 is 5.97 Å². The summed E-state index contributed by atoms with van der Waals surface area (Å²) in [6, 6.07) is -0.938. The molecule has 1 aromatic heterocycles. The number of nitrogens with one attached hydrogen (secondary N) is 1. The predicted molar refractivity (Wildman–Crippen MR) is 64.1 cm³/mol. The van der Waals surface area contributed by atoms with Crippen LogP contribution in [0.5, 0.6) is 0 Å². The Morgan fingerprint density at radius 2 is 2.47 bits per heavy atom. The molecule has 8 nitrogen and oxygen atoms in total. The minimum atomic E-state index is -1.06. The first-order valence-electron chi connectivity index (χ1n) is 5.85. The monoisotopic (exact) mass is 268 g/mol. The van der Waals surface area contributed by atoms with Gasteiger partial charge in [0.1, 0.15) is 12.1 Å². The predicted octanol–water partition coefficient (Wildman–Crippen LogP) is -1.28. The van der Waals surface area contributed by atoms with Crippen LogP contribution in [0.15, 0.2) is 6.33 Å². The Morgan fingerprint density at radius 3 is 3.05 bits per heavy atom. The number of nitrogens with zero attached hydrogens (tertiary/aromatic N) is 2. The van der Waals surface area contributed by atoms with Crippen molar-refractivity contribution in [3.05, 3.63) is 17.7 Å². The van der Waals surface area contributed by atoms with Crippen molar-refractivity contribution in [3.63, 3.8) is 0 Å². The highest BCUT2D eigenvalue weighted by Crippen LogP contribution is 2.21. The Morgan fingerprint density at radius 1 is 1.74 bits per heavy atom. The molecule has 0 bridgehead atoms. The average Bonchev–Trinajstić information content (AvgIpc) is 2.85. The van der Waals surface area contributed by atoms with E-state index >= 15 is 0 Å². The maximum absolute atomic E-state index is 12.2. The van der Waals surface area contributed by atoms with Crippen molar-refractivity contribution in [1.29, 1.82) is 0 Å². The Kier molecular flexibility index (Phi) is 3.82. The number of rotatable bonds is 4. The number of methoxy groups -OCH3 is 1. The van der Waals surface area contributed by atoms with Gasteiger partial charge in [-0.15, -0.1) is 0 Å². The SMILES string of the molecule is COC(CN)C(=O)N1Cc2[nH]cnc2CC1C(=O)O. The molecule has 1 aromatic rings. The number of fused-ring (bicyclic) bond motifs is 1. The number of carboxylic acids is 1. The summed E-state index contributed by atoms with van der Waals surface area (Å²) < 4.78 is 4.98. The van der Waals surface area contributed by atoms with E-state index in [1.807, 2.05) is 0 Å². The maximum atomic E-state index is 12.2. The molecule has 8 heteroatoms. The topological polar surface area (TPSA) is 122 Å². The van der Waals surface area contributed by atoms with Gasteiger partial charge < -0.3 is 25.5 Å². The quantitative estimate of drug-likeness (QED) is 0.625. The molecule has 0 spiro atoms. The van der Waals surface area contributed by atoms with Crippen molar-refractivity contribution in [3.8, 4) is 0 Å². The van der Waals surface area contributed by atoms with Crippen LogP contribution in [0.2, 0.25) is 0 Å². The number of amides is 1. The van der Waals surface area contributed by atoms with Gasteiger partial charge in [0.15, 0.2) is 0 Å². The minimum Gasteiger partial charge on any atom is -0.480 e.